The van der Waals surface area contributed by atoms with E-state index in [1.165, 1.54) is 6.20 Å². The Kier molecular flexibility index (Phi) is 6.92. The molecule has 2 aliphatic rings. The molecule has 0 aliphatic heterocycles. The van der Waals surface area contributed by atoms with Crippen molar-refractivity contribution in [3.63, 3.8) is 0 Å². The molecule has 2 saturated carbocycles. The summed E-state index contributed by atoms with van der Waals surface area (Å²) >= 11 is 0. The molecule has 192 valence electrons. The zero-order chi connectivity index (χ0) is 25.2. The number of carbonyl (C=O) groups is 1. The van der Waals surface area contributed by atoms with Gasteiger partial charge in [-0.2, -0.15) is 9.61 Å². The van der Waals surface area contributed by atoms with Gasteiger partial charge in [-0.25, -0.2) is 4.98 Å². The van der Waals surface area contributed by atoms with Crippen molar-refractivity contribution < 1.29 is 14.3 Å². The van der Waals surface area contributed by atoms with Crippen molar-refractivity contribution in [2.75, 3.05) is 31.9 Å². The molecule has 11 heteroatoms. The van der Waals surface area contributed by atoms with Gasteiger partial charge in [0.2, 0.25) is 0 Å². The summed E-state index contributed by atoms with van der Waals surface area (Å²) in [5, 5.41) is 13.6. The molecule has 3 aromatic heterocycles. The molecule has 0 unspecified atom stereocenters. The van der Waals surface area contributed by atoms with E-state index < -0.39 is 0 Å². The minimum absolute atomic E-state index is 0.0252. The van der Waals surface area contributed by atoms with Crippen LogP contribution < -0.4 is 21.5 Å². The molecule has 0 bridgehead atoms. The zero-order valence-corrected chi connectivity index (χ0v) is 20.9. The third-order valence-corrected chi connectivity index (χ3v) is 7.37. The van der Waals surface area contributed by atoms with E-state index in [1.807, 2.05) is 12.3 Å². The fourth-order valence-corrected chi connectivity index (χ4v) is 5.15. The molecule has 36 heavy (non-hydrogen) atoms. The molecule has 5 rings (SSSR count). The van der Waals surface area contributed by atoms with Gasteiger partial charge in [-0.3, -0.25) is 9.59 Å². The number of anilines is 3. The van der Waals surface area contributed by atoms with Gasteiger partial charge in [-0.15, -0.1) is 0 Å². The highest BCUT2D eigenvalue weighted by Crippen LogP contribution is 2.29. The predicted molar refractivity (Wildman–Crippen MR) is 136 cm³/mol. The fourth-order valence-electron chi connectivity index (χ4n) is 5.15. The van der Waals surface area contributed by atoms with Crippen LogP contribution in [0.25, 0.3) is 5.65 Å². The lowest BCUT2D eigenvalue weighted by Crippen LogP contribution is -2.51. The average molecular weight is 496 g/mol. The molecule has 0 aromatic carbocycles. The molecule has 4 atom stereocenters. The number of hydrogen-bond donors (Lipinski definition) is 3. The Morgan fingerprint density at radius 1 is 1.17 bits per heavy atom. The maximum absolute atomic E-state index is 13.4. The minimum atomic E-state index is -0.254. The number of ether oxygens (including phenoxy) is 2. The Morgan fingerprint density at radius 2 is 2.03 bits per heavy atom. The number of nitrogens with zero attached hydrogens (tertiary/aromatic N) is 4. The molecule has 2 aliphatic carbocycles. The Bertz CT molecular complexity index is 1300. The largest absolute Gasteiger partial charge is 0.381 e. The monoisotopic (exact) mass is 495 g/mol. The summed E-state index contributed by atoms with van der Waals surface area (Å²) in [5.74, 6) is 0.815. The molecule has 0 spiro atoms. The van der Waals surface area contributed by atoms with Gasteiger partial charge in [0.15, 0.2) is 5.65 Å². The van der Waals surface area contributed by atoms with Crippen molar-refractivity contribution in [3.05, 3.63) is 46.5 Å². The first-order chi connectivity index (χ1) is 17.5. The first kappa shape index (κ1) is 24.3. The summed E-state index contributed by atoms with van der Waals surface area (Å²) in [4.78, 5) is 31.0. The Morgan fingerprint density at radius 3 is 2.75 bits per heavy atom. The summed E-state index contributed by atoms with van der Waals surface area (Å²) < 4.78 is 14.3. The summed E-state index contributed by atoms with van der Waals surface area (Å²) in [6, 6.07) is 5.43. The molecule has 3 N–H and O–H groups in total. The van der Waals surface area contributed by atoms with Crippen molar-refractivity contribution in [3.8, 4) is 0 Å². The molecule has 0 radical (unpaired) electrons. The van der Waals surface area contributed by atoms with E-state index in [2.05, 4.69) is 26.0 Å². The number of hydrogen-bond acceptors (Lipinski definition) is 8. The second kappa shape index (κ2) is 10.3. The highest BCUT2D eigenvalue weighted by atomic mass is 16.5. The number of aromatic nitrogens is 4. The zero-order valence-electron chi connectivity index (χ0n) is 20.9. The molecule has 11 nitrogen and oxygen atoms in total. The second-order valence-corrected chi connectivity index (χ2v) is 9.44. The van der Waals surface area contributed by atoms with Gasteiger partial charge in [-0.1, -0.05) is 0 Å². The number of amides is 1. The van der Waals surface area contributed by atoms with Crippen LogP contribution in [0.1, 0.15) is 54.9 Å². The van der Waals surface area contributed by atoms with E-state index >= 15 is 0 Å². The molecule has 3 heterocycles. The van der Waals surface area contributed by atoms with Crippen molar-refractivity contribution in [2.45, 2.75) is 62.8 Å². The van der Waals surface area contributed by atoms with Crippen LogP contribution in [0.5, 0.6) is 0 Å². The normalized spacial score (nSPS) is 23.8. The quantitative estimate of drug-likeness (QED) is 0.436. The molecule has 2 fully saturated rings. The van der Waals surface area contributed by atoms with Crippen molar-refractivity contribution in [1.29, 1.82) is 0 Å². The van der Waals surface area contributed by atoms with E-state index in [0.29, 0.717) is 28.5 Å². The average Bonchev–Trinajstić information content (AvgIpc) is 3.31. The van der Waals surface area contributed by atoms with Gasteiger partial charge < -0.3 is 30.0 Å². The lowest BCUT2D eigenvalue weighted by molar-refractivity contribution is 0.00732. The first-order valence-electron chi connectivity index (χ1n) is 12.4. The minimum Gasteiger partial charge on any atom is -0.381 e. The van der Waals surface area contributed by atoms with Crippen molar-refractivity contribution in [1.82, 2.24) is 24.5 Å². The topological polar surface area (TPSA) is 124 Å². The van der Waals surface area contributed by atoms with Crippen LogP contribution in [0.15, 0.2) is 35.4 Å². The molecule has 1 amide bonds. The van der Waals surface area contributed by atoms with Gasteiger partial charge in [0.05, 0.1) is 24.4 Å². The lowest BCUT2D eigenvalue weighted by atomic mass is 9.89. The van der Waals surface area contributed by atoms with E-state index in [-0.39, 0.29) is 35.8 Å². The third-order valence-electron chi connectivity index (χ3n) is 7.37. The highest BCUT2D eigenvalue weighted by molar-refractivity contribution is 6.00. The van der Waals surface area contributed by atoms with Crippen LogP contribution in [0.4, 0.5) is 17.3 Å². The molecule has 0 saturated heterocycles. The van der Waals surface area contributed by atoms with Gasteiger partial charge in [0.1, 0.15) is 22.9 Å². The Hall–Kier alpha value is -3.44. The maximum Gasteiger partial charge on any atom is 0.274 e. The van der Waals surface area contributed by atoms with Crippen LogP contribution in [-0.2, 0) is 9.47 Å². The van der Waals surface area contributed by atoms with Crippen molar-refractivity contribution >= 4 is 28.9 Å². The number of pyridine rings is 1. The maximum atomic E-state index is 13.4. The molecule has 3 aromatic rings. The SMILES string of the molecule is CNc1cc(Nc2cccn([C@@H]3CCC[C@H](OC)C3)c2=O)nc2c(C(=O)N[C@H]3CC[C@@H]3OC)cnn12. The highest BCUT2D eigenvalue weighted by Gasteiger charge is 2.33. The first-order valence-corrected chi connectivity index (χ1v) is 12.4. The fraction of sp³-hybridized carbons (Fsp3) is 0.520. The van der Waals surface area contributed by atoms with Crippen LogP contribution in [0.3, 0.4) is 0 Å². The van der Waals surface area contributed by atoms with E-state index in [1.54, 1.807) is 42.5 Å². The molecular formula is C25H33N7O4. The van der Waals surface area contributed by atoms with Crippen LogP contribution in [0.2, 0.25) is 0 Å². The smallest absolute Gasteiger partial charge is 0.274 e. The number of carbonyl (C=O) groups excluding carboxylic acids is 1. The van der Waals surface area contributed by atoms with Gasteiger partial charge >= 0.3 is 0 Å². The Labute approximate surface area is 209 Å². The van der Waals surface area contributed by atoms with E-state index in [4.69, 9.17) is 9.47 Å². The lowest BCUT2D eigenvalue weighted by Gasteiger charge is -2.35. The van der Waals surface area contributed by atoms with Crippen molar-refractivity contribution in [2.24, 2.45) is 0 Å². The standard InChI is InChI=1S/C25H33N7O4/c1-26-22-13-21(28-19-8-5-11-31(25(19)34)15-6-4-7-16(12-15)35-2)30-23-17(14-27-32(22)23)24(33)29-18-9-10-20(18)36-3/h5,8,11,13-16,18,20,26H,4,6-7,9-10,12H2,1-3H3,(H,28,30)(H,29,33)/t15-,16+,18+,20+/m1/s1. The van der Waals surface area contributed by atoms with Crippen LogP contribution in [-0.4, -0.2) is 64.6 Å². The summed E-state index contributed by atoms with van der Waals surface area (Å²) in [6.45, 7) is 0. The van der Waals surface area contributed by atoms with Gasteiger partial charge in [-0.05, 0) is 50.7 Å². The van der Waals surface area contributed by atoms with Gasteiger partial charge in [0.25, 0.3) is 11.5 Å². The Balaban J connectivity index is 1.43. The molecular weight excluding hydrogens is 462 g/mol. The van der Waals surface area contributed by atoms with Crippen LogP contribution >= 0.6 is 0 Å². The summed E-state index contributed by atoms with van der Waals surface area (Å²) in [6.07, 6.45) is 9.12. The van der Waals surface area contributed by atoms with E-state index in [0.717, 1.165) is 38.5 Å². The second-order valence-electron chi connectivity index (χ2n) is 9.44. The summed E-state index contributed by atoms with van der Waals surface area (Å²) in [5.41, 5.74) is 1.05. The predicted octanol–water partition coefficient (Wildman–Crippen LogP) is 2.71. The summed E-state index contributed by atoms with van der Waals surface area (Å²) in [7, 11) is 5.14. The van der Waals surface area contributed by atoms with E-state index in [9.17, 15) is 9.59 Å². The number of fused-ring (bicyclic) bond motifs is 1. The number of rotatable bonds is 8. The number of methoxy groups -OCH3 is 2. The number of nitrogens with one attached hydrogen (secondary N) is 3. The third kappa shape index (κ3) is 4.56. The van der Waals surface area contributed by atoms with Gasteiger partial charge in [0, 0.05) is 39.6 Å². The van der Waals surface area contributed by atoms with Crippen LogP contribution in [0, 0.1) is 0 Å².